The van der Waals surface area contributed by atoms with Gasteiger partial charge in [0.1, 0.15) is 0 Å². The zero-order valence-electron chi connectivity index (χ0n) is 10.0. The first-order valence-corrected chi connectivity index (χ1v) is 6.46. The Morgan fingerprint density at radius 1 is 1.61 bits per heavy atom. The zero-order chi connectivity index (χ0) is 13.7. The highest BCUT2D eigenvalue weighted by atomic mass is 32.2. The molecule has 0 spiro atoms. The van der Waals surface area contributed by atoms with Gasteiger partial charge in [0.25, 0.3) is 11.6 Å². The number of hydrogen-bond donors (Lipinski definition) is 2. The van der Waals surface area contributed by atoms with E-state index in [0.29, 0.717) is 4.90 Å². The number of nitro benzene ring substituents is 1. The highest BCUT2D eigenvalue weighted by Crippen LogP contribution is 2.28. The normalized spacial score (nSPS) is 11.9. The van der Waals surface area contributed by atoms with E-state index >= 15 is 0 Å². The van der Waals surface area contributed by atoms with Gasteiger partial charge in [0.2, 0.25) is 0 Å². The summed E-state index contributed by atoms with van der Waals surface area (Å²) in [5.41, 5.74) is 0.117. The Bertz CT molecular complexity index is 464. The first-order chi connectivity index (χ1) is 8.49. The standard InChI is InChI=1S/C11H14N2O4S/c1-7(6-14)12-11(15)8-3-4-10(18-2)9(5-8)13(16)17/h3-5,7,14H,6H2,1-2H3,(H,12,15)/t7-/m0/s1. The Kier molecular flexibility index (Phi) is 5.11. The van der Waals surface area contributed by atoms with Gasteiger partial charge in [0.15, 0.2) is 0 Å². The number of aliphatic hydroxyl groups is 1. The second kappa shape index (κ2) is 6.36. The number of amides is 1. The monoisotopic (exact) mass is 270 g/mol. The van der Waals surface area contributed by atoms with Crippen LogP contribution in [-0.4, -0.2) is 34.8 Å². The Hall–Kier alpha value is -1.60. The van der Waals surface area contributed by atoms with Gasteiger partial charge >= 0.3 is 0 Å². The molecule has 0 aromatic heterocycles. The van der Waals surface area contributed by atoms with E-state index in [-0.39, 0.29) is 17.9 Å². The minimum atomic E-state index is -0.516. The van der Waals surface area contributed by atoms with Crippen molar-refractivity contribution in [3.63, 3.8) is 0 Å². The van der Waals surface area contributed by atoms with Crippen LogP contribution >= 0.6 is 11.8 Å². The molecule has 6 nitrogen and oxygen atoms in total. The Morgan fingerprint density at radius 2 is 2.28 bits per heavy atom. The van der Waals surface area contributed by atoms with E-state index in [2.05, 4.69) is 5.32 Å². The highest BCUT2D eigenvalue weighted by Gasteiger charge is 2.17. The Balaban J connectivity index is 3.01. The number of carbonyl (C=O) groups is 1. The molecular weight excluding hydrogens is 256 g/mol. The molecule has 0 saturated carbocycles. The van der Waals surface area contributed by atoms with Crippen molar-refractivity contribution >= 4 is 23.4 Å². The third kappa shape index (κ3) is 3.44. The number of benzene rings is 1. The van der Waals surface area contributed by atoms with Crippen LogP contribution in [0.15, 0.2) is 23.1 Å². The Labute approximate surface area is 109 Å². The molecule has 0 bridgehead atoms. The van der Waals surface area contributed by atoms with Crippen molar-refractivity contribution in [2.45, 2.75) is 17.9 Å². The molecule has 0 heterocycles. The number of nitrogens with one attached hydrogen (secondary N) is 1. The summed E-state index contributed by atoms with van der Waals surface area (Å²) in [6.45, 7) is 1.46. The third-order valence-corrected chi connectivity index (χ3v) is 3.07. The summed E-state index contributed by atoms with van der Waals surface area (Å²) in [7, 11) is 0. The van der Waals surface area contributed by atoms with Gasteiger partial charge < -0.3 is 10.4 Å². The number of rotatable bonds is 5. The first-order valence-electron chi connectivity index (χ1n) is 5.23. The average molecular weight is 270 g/mol. The highest BCUT2D eigenvalue weighted by molar-refractivity contribution is 7.98. The molecule has 1 atom stereocenters. The maximum absolute atomic E-state index is 11.7. The van der Waals surface area contributed by atoms with E-state index in [1.54, 1.807) is 19.2 Å². The average Bonchev–Trinajstić information content (AvgIpc) is 2.37. The number of carbonyl (C=O) groups excluding carboxylic acids is 1. The summed E-state index contributed by atoms with van der Waals surface area (Å²) in [4.78, 5) is 22.6. The van der Waals surface area contributed by atoms with Crippen molar-refractivity contribution < 1.29 is 14.8 Å². The van der Waals surface area contributed by atoms with E-state index in [0.717, 1.165) is 0 Å². The van der Waals surface area contributed by atoms with E-state index in [9.17, 15) is 14.9 Å². The van der Waals surface area contributed by atoms with E-state index in [1.165, 1.54) is 23.9 Å². The fraction of sp³-hybridized carbons (Fsp3) is 0.364. The SMILES string of the molecule is CSc1ccc(C(=O)N[C@@H](C)CO)cc1[N+](=O)[O-]. The smallest absolute Gasteiger partial charge is 0.283 e. The fourth-order valence-corrected chi connectivity index (χ4v) is 1.87. The predicted octanol–water partition coefficient (Wildman–Crippen LogP) is 1.43. The minimum Gasteiger partial charge on any atom is -0.394 e. The lowest BCUT2D eigenvalue weighted by Gasteiger charge is -2.10. The number of thioether (sulfide) groups is 1. The van der Waals surface area contributed by atoms with Crippen molar-refractivity contribution in [1.29, 1.82) is 0 Å². The molecular formula is C11H14N2O4S. The van der Waals surface area contributed by atoms with Crippen molar-refractivity contribution in [3.05, 3.63) is 33.9 Å². The number of hydrogen-bond acceptors (Lipinski definition) is 5. The maximum atomic E-state index is 11.7. The van der Waals surface area contributed by atoms with Crippen LogP contribution in [0.2, 0.25) is 0 Å². The lowest BCUT2D eigenvalue weighted by molar-refractivity contribution is -0.387. The van der Waals surface area contributed by atoms with Crippen LogP contribution in [0.25, 0.3) is 0 Å². The molecule has 18 heavy (non-hydrogen) atoms. The second-order valence-corrected chi connectivity index (χ2v) is 4.55. The third-order valence-electron chi connectivity index (χ3n) is 2.29. The number of nitro groups is 1. The van der Waals surface area contributed by atoms with Gasteiger partial charge in [-0.3, -0.25) is 14.9 Å². The van der Waals surface area contributed by atoms with E-state index in [1.807, 2.05) is 0 Å². The fourth-order valence-electron chi connectivity index (χ4n) is 1.33. The summed E-state index contributed by atoms with van der Waals surface area (Å²) in [5, 5.41) is 22.2. The van der Waals surface area contributed by atoms with Gasteiger partial charge in [-0.2, -0.15) is 0 Å². The number of aliphatic hydroxyl groups excluding tert-OH is 1. The van der Waals surface area contributed by atoms with Crippen molar-refractivity contribution in [3.8, 4) is 0 Å². The van der Waals surface area contributed by atoms with Crippen LogP contribution in [-0.2, 0) is 0 Å². The molecule has 0 aliphatic carbocycles. The molecule has 1 rings (SSSR count). The molecule has 0 aliphatic heterocycles. The van der Waals surface area contributed by atoms with Crippen LogP contribution in [0.3, 0.4) is 0 Å². The van der Waals surface area contributed by atoms with Crippen molar-refractivity contribution in [1.82, 2.24) is 5.32 Å². The summed E-state index contributed by atoms with van der Waals surface area (Å²) in [5.74, 6) is -0.438. The molecule has 1 aromatic rings. The van der Waals surface area contributed by atoms with Gasteiger partial charge in [-0.05, 0) is 25.3 Å². The quantitative estimate of drug-likeness (QED) is 0.479. The predicted molar refractivity (Wildman–Crippen MR) is 68.9 cm³/mol. The summed E-state index contributed by atoms with van der Waals surface area (Å²) in [6, 6.07) is 3.92. The summed E-state index contributed by atoms with van der Waals surface area (Å²) in [6.07, 6.45) is 1.73. The lowest BCUT2D eigenvalue weighted by atomic mass is 10.2. The van der Waals surface area contributed by atoms with Crippen molar-refractivity contribution in [2.24, 2.45) is 0 Å². The van der Waals surface area contributed by atoms with Crippen LogP contribution in [0.4, 0.5) is 5.69 Å². The zero-order valence-corrected chi connectivity index (χ0v) is 10.9. The van der Waals surface area contributed by atoms with Gasteiger partial charge in [-0.25, -0.2) is 0 Å². The van der Waals surface area contributed by atoms with Crippen molar-refractivity contribution in [2.75, 3.05) is 12.9 Å². The molecule has 0 radical (unpaired) electrons. The Morgan fingerprint density at radius 3 is 2.78 bits per heavy atom. The summed E-state index contributed by atoms with van der Waals surface area (Å²) < 4.78 is 0. The van der Waals surface area contributed by atoms with Gasteiger partial charge in [0, 0.05) is 17.7 Å². The van der Waals surface area contributed by atoms with E-state index < -0.39 is 16.9 Å². The molecule has 1 aromatic carbocycles. The molecule has 0 saturated heterocycles. The second-order valence-electron chi connectivity index (χ2n) is 3.70. The van der Waals surface area contributed by atoms with Gasteiger partial charge in [0.05, 0.1) is 16.4 Å². The van der Waals surface area contributed by atoms with Crippen LogP contribution in [0.1, 0.15) is 17.3 Å². The minimum absolute atomic E-state index is 0.0909. The van der Waals surface area contributed by atoms with Gasteiger partial charge in [-0.1, -0.05) is 0 Å². The molecule has 98 valence electrons. The molecule has 7 heteroatoms. The summed E-state index contributed by atoms with van der Waals surface area (Å²) >= 11 is 1.25. The molecule has 0 aliphatic rings. The van der Waals surface area contributed by atoms with Gasteiger partial charge in [-0.15, -0.1) is 11.8 Å². The topological polar surface area (TPSA) is 92.5 Å². The van der Waals surface area contributed by atoms with E-state index in [4.69, 9.17) is 5.11 Å². The molecule has 1 amide bonds. The lowest BCUT2D eigenvalue weighted by Crippen LogP contribution is -2.34. The van der Waals surface area contributed by atoms with Crippen LogP contribution in [0, 0.1) is 10.1 Å². The molecule has 0 fully saturated rings. The maximum Gasteiger partial charge on any atom is 0.283 e. The number of nitrogens with zero attached hydrogens (tertiary/aromatic N) is 1. The van der Waals surface area contributed by atoms with Crippen LogP contribution in [0.5, 0.6) is 0 Å². The first kappa shape index (κ1) is 14.5. The molecule has 2 N–H and O–H groups in total. The van der Waals surface area contributed by atoms with Crippen LogP contribution < -0.4 is 5.32 Å². The molecule has 0 unspecified atom stereocenters. The largest absolute Gasteiger partial charge is 0.394 e.